The van der Waals surface area contributed by atoms with E-state index < -0.39 is 12.0 Å². The summed E-state index contributed by atoms with van der Waals surface area (Å²) in [6.07, 6.45) is 2.99. The fourth-order valence-corrected chi connectivity index (χ4v) is 2.39. The molecule has 7 nitrogen and oxygen atoms in total. The lowest BCUT2D eigenvalue weighted by Crippen LogP contribution is -2.19. The Morgan fingerprint density at radius 2 is 1.64 bits per heavy atom. The molecule has 0 aliphatic heterocycles. The number of hydrogen-bond acceptors (Lipinski definition) is 4. The van der Waals surface area contributed by atoms with Crippen molar-refractivity contribution >= 4 is 35.0 Å². The van der Waals surface area contributed by atoms with Crippen molar-refractivity contribution in [2.24, 2.45) is 0 Å². The molecule has 2 aromatic heterocycles. The maximum atomic E-state index is 12.1. The van der Waals surface area contributed by atoms with Gasteiger partial charge in [-0.25, -0.2) is 19.6 Å². The number of anilines is 2. The van der Waals surface area contributed by atoms with E-state index in [0.29, 0.717) is 22.6 Å². The molecule has 1 aromatic carbocycles. The minimum absolute atomic E-state index is 0.156. The zero-order valence-corrected chi connectivity index (χ0v) is 15.1. The van der Waals surface area contributed by atoms with Gasteiger partial charge in [-0.05, 0) is 48.4 Å². The number of amides is 2. The topological polar surface area (TPSA) is 104 Å². The number of aromatic carboxylic acids is 1. The van der Waals surface area contributed by atoms with Gasteiger partial charge in [0.15, 0.2) is 0 Å². The monoisotopic (exact) mass is 392 g/mol. The first-order valence-corrected chi connectivity index (χ1v) is 8.38. The number of pyridine rings is 2. The normalized spacial score (nSPS) is 9.75. The maximum absolute atomic E-state index is 12.1. The second-order valence-electron chi connectivity index (χ2n) is 5.51. The molecular weight excluding hydrogens is 380 g/mol. The maximum Gasteiger partial charge on any atom is 0.335 e. The summed E-state index contributed by atoms with van der Waals surface area (Å²) in [7, 11) is 0. The number of urea groups is 1. The van der Waals surface area contributed by atoms with E-state index in [1.165, 1.54) is 30.6 Å². The van der Waals surface area contributed by atoms with Gasteiger partial charge in [0, 0.05) is 29.3 Å². The third-order valence-electron chi connectivity index (χ3n) is 3.45. The lowest BCUT2D eigenvalue weighted by Gasteiger charge is -2.07. The van der Waals surface area contributed by atoms with Crippen LogP contribution in [0.4, 0.5) is 16.2 Å². The zero-order valence-electron chi connectivity index (χ0n) is 14.3. The number of carboxylic acid groups (broad SMARTS) is 1. The van der Waals surface area contributed by atoms with Crippen LogP contribution in [0.3, 0.4) is 0 Å². The van der Waals surface area contributed by atoms with Crippen LogP contribution in [-0.2, 0) is 0 Å². The van der Waals surface area contributed by atoms with E-state index in [2.05, 4.69) is 32.4 Å². The van der Waals surface area contributed by atoms with Crippen molar-refractivity contribution in [1.29, 1.82) is 0 Å². The second-order valence-corrected chi connectivity index (χ2v) is 5.90. The molecule has 2 heterocycles. The van der Waals surface area contributed by atoms with Gasteiger partial charge < -0.3 is 15.7 Å². The fourth-order valence-electron chi connectivity index (χ4n) is 2.22. The molecule has 0 radical (unpaired) electrons. The Hall–Kier alpha value is -3.89. The molecule has 0 aliphatic carbocycles. The summed E-state index contributed by atoms with van der Waals surface area (Å²) in [5.41, 5.74) is 2.13. The molecule has 3 rings (SSSR count). The van der Waals surface area contributed by atoms with Crippen molar-refractivity contribution < 1.29 is 14.7 Å². The van der Waals surface area contributed by atoms with Crippen LogP contribution in [0.2, 0.25) is 5.15 Å². The predicted octanol–water partition coefficient (Wildman–Crippen LogP) is 3.87. The van der Waals surface area contributed by atoms with Gasteiger partial charge in [-0.15, -0.1) is 0 Å². The fraction of sp³-hybridized carbons (Fsp3) is 0. The van der Waals surface area contributed by atoms with Gasteiger partial charge in [-0.3, -0.25) is 0 Å². The first kappa shape index (κ1) is 18.9. The van der Waals surface area contributed by atoms with Gasteiger partial charge in [-0.1, -0.05) is 23.6 Å². The van der Waals surface area contributed by atoms with E-state index in [0.717, 1.165) is 0 Å². The summed E-state index contributed by atoms with van der Waals surface area (Å²) < 4.78 is 0. The minimum atomic E-state index is -1.02. The molecule has 0 saturated heterocycles. The van der Waals surface area contributed by atoms with Crippen LogP contribution in [0.25, 0.3) is 0 Å². The smallest absolute Gasteiger partial charge is 0.335 e. The van der Waals surface area contributed by atoms with Crippen molar-refractivity contribution in [2.45, 2.75) is 0 Å². The number of halogens is 1. The highest BCUT2D eigenvalue weighted by Gasteiger charge is 2.05. The number of nitrogens with zero attached hydrogens (tertiary/aromatic N) is 2. The molecule has 2 amide bonds. The van der Waals surface area contributed by atoms with E-state index in [1.54, 1.807) is 30.3 Å². The van der Waals surface area contributed by atoms with Crippen molar-refractivity contribution in [3.8, 4) is 11.8 Å². The average molecular weight is 393 g/mol. The Morgan fingerprint density at radius 3 is 2.36 bits per heavy atom. The number of benzene rings is 1. The Balaban J connectivity index is 1.70. The Morgan fingerprint density at radius 1 is 0.929 bits per heavy atom. The van der Waals surface area contributed by atoms with Crippen molar-refractivity contribution in [2.75, 3.05) is 10.6 Å². The van der Waals surface area contributed by atoms with Gasteiger partial charge in [-0.2, -0.15) is 0 Å². The molecule has 0 atom stereocenters. The van der Waals surface area contributed by atoms with Crippen molar-refractivity contribution in [3.63, 3.8) is 0 Å². The first-order chi connectivity index (χ1) is 13.5. The molecule has 138 valence electrons. The summed E-state index contributed by atoms with van der Waals surface area (Å²) >= 11 is 5.78. The Labute approximate surface area is 165 Å². The highest BCUT2D eigenvalue weighted by Crippen LogP contribution is 2.13. The summed E-state index contributed by atoms with van der Waals surface area (Å²) in [4.78, 5) is 31.1. The molecule has 3 aromatic rings. The lowest BCUT2D eigenvalue weighted by atomic mass is 10.1. The predicted molar refractivity (Wildman–Crippen MR) is 106 cm³/mol. The van der Waals surface area contributed by atoms with Crippen molar-refractivity contribution in [3.05, 3.63) is 82.9 Å². The van der Waals surface area contributed by atoms with E-state index >= 15 is 0 Å². The summed E-state index contributed by atoms with van der Waals surface area (Å²) in [6.45, 7) is 0. The number of aromatic nitrogens is 2. The number of rotatable bonds is 3. The number of carbonyl (C=O) groups excluding carboxylic acids is 1. The summed E-state index contributed by atoms with van der Waals surface area (Å²) in [5, 5.41) is 14.6. The number of carbonyl (C=O) groups is 2. The summed E-state index contributed by atoms with van der Waals surface area (Å²) in [5.74, 6) is 4.68. The highest BCUT2D eigenvalue weighted by atomic mass is 35.5. The molecular formula is C20H13ClN4O3. The van der Waals surface area contributed by atoms with Crippen LogP contribution < -0.4 is 10.6 Å². The molecule has 3 N–H and O–H groups in total. The summed E-state index contributed by atoms with van der Waals surface area (Å²) in [6, 6.07) is 12.2. The molecule has 0 aliphatic rings. The standard InChI is InChI=1S/C20H13ClN4O3/c21-18-12-17(7-9-23-18)25-20(28)24-16-6-8-22-15(11-16)5-4-13-2-1-3-14(10-13)19(26)27/h1-3,6-12H,(H,26,27)(H2,22,23,24,25,28). The number of nitrogens with one attached hydrogen (secondary N) is 2. The first-order valence-electron chi connectivity index (χ1n) is 8.00. The van der Waals surface area contributed by atoms with Crippen LogP contribution in [0.5, 0.6) is 0 Å². The highest BCUT2D eigenvalue weighted by molar-refractivity contribution is 6.29. The van der Waals surface area contributed by atoms with E-state index in [-0.39, 0.29) is 10.7 Å². The quantitative estimate of drug-likeness (QED) is 0.463. The van der Waals surface area contributed by atoms with Gasteiger partial charge in [0.25, 0.3) is 0 Å². The van der Waals surface area contributed by atoms with E-state index in [1.807, 2.05) is 0 Å². The largest absolute Gasteiger partial charge is 0.478 e. The number of carboxylic acids is 1. The molecule has 0 saturated carbocycles. The lowest BCUT2D eigenvalue weighted by molar-refractivity contribution is 0.0697. The SMILES string of the molecule is O=C(Nc1ccnc(Cl)c1)Nc1ccnc(C#Cc2cccc(C(=O)O)c2)c1. The van der Waals surface area contributed by atoms with Gasteiger partial charge >= 0.3 is 12.0 Å². The third kappa shape index (κ3) is 5.30. The molecule has 0 bridgehead atoms. The van der Waals surface area contributed by atoms with Crippen LogP contribution in [-0.4, -0.2) is 27.1 Å². The zero-order chi connectivity index (χ0) is 19.9. The van der Waals surface area contributed by atoms with Gasteiger partial charge in [0.05, 0.1) is 5.56 Å². The number of hydrogen-bond donors (Lipinski definition) is 3. The average Bonchev–Trinajstić information content (AvgIpc) is 2.67. The van der Waals surface area contributed by atoms with Crippen LogP contribution >= 0.6 is 11.6 Å². The second kappa shape index (κ2) is 8.66. The van der Waals surface area contributed by atoms with Crippen molar-refractivity contribution in [1.82, 2.24) is 9.97 Å². The minimum Gasteiger partial charge on any atom is -0.478 e. The van der Waals surface area contributed by atoms with Gasteiger partial charge in [0.2, 0.25) is 0 Å². The third-order valence-corrected chi connectivity index (χ3v) is 3.65. The van der Waals surface area contributed by atoms with Crippen LogP contribution in [0.1, 0.15) is 21.6 Å². The molecule has 0 fully saturated rings. The molecule has 8 heteroatoms. The van der Waals surface area contributed by atoms with Crippen LogP contribution in [0.15, 0.2) is 60.9 Å². The Bertz CT molecular complexity index is 1110. The van der Waals surface area contributed by atoms with E-state index in [4.69, 9.17) is 16.7 Å². The molecule has 0 unspecified atom stereocenters. The van der Waals surface area contributed by atoms with Crippen LogP contribution in [0, 0.1) is 11.8 Å². The Kier molecular flexibility index (Phi) is 5.84. The van der Waals surface area contributed by atoms with Gasteiger partial charge in [0.1, 0.15) is 10.8 Å². The molecule has 28 heavy (non-hydrogen) atoms. The van der Waals surface area contributed by atoms with E-state index in [9.17, 15) is 9.59 Å². The molecule has 0 spiro atoms.